The number of ether oxygens (including phenoxy) is 1. The minimum atomic E-state index is -4.04. The summed E-state index contributed by atoms with van der Waals surface area (Å²) >= 11 is 0. The lowest BCUT2D eigenvalue weighted by Crippen LogP contribution is -2.15. The van der Waals surface area contributed by atoms with Crippen LogP contribution in [0.2, 0.25) is 0 Å². The van der Waals surface area contributed by atoms with Crippen LogP contribution in [-0.2, 0) is 10.0 Å². The highest BCUT2D eigenvalue weighted by Crippen LogP contribution is 2.24. The summed E-state index contributed by atoms with van der Waals surface area (Å²) in [5.74, 6) is -1.21. The number of carboxylic acid groups (broad SMARTS) is 1. The average molecular weight is 271 g/mol. The molecular formula is C11H13NO5S. The van der Waals surface area contributed by atoms with Crippen LogP contribution in [0.1, 0.15) is 16.8 Å². The van der Waals surface area contributed by atoms with Crippen LogP contribution in [0.3, 0.4) is 0 Å². The molecule has 0 saturated heterocycles. The fourth-order valence-electron chi connectivity index (χ4n) is 1.23. The van der Waals surface area contributed by atoms with Gasteiger partial charge in [0.25, 0.3) is 0 Å². The Bertz CT molecular complexity index is 565. The molecule has 0 heterocycles. The van der Waals surface area contributed by atoms with Gasteiger partial charge in [0.05, 0.1) is 12.2 Å². The number of sulfonamides is 1. The zero-order chi connectivity index (χ0) is 13.8. The molecule has 0 atom stereocenters. The van der Waals surface area contributed by atoms with Crippen LogP contribution in [0.5, 0.6) is 5.75 Å². The average Bonchev–Trinajstić information content (AvgIpc) is 2.28. The van der Waals surface area contributed by atoms with Crippen molar-refractivity contribution >= 4 is 16.0 Å². The third-order valence-electron chi connectivity index (χ3n) is 2.08. The molecule has 0 saturated carbocycles. The van der Waals surface area contributed by atoms with E-state index in [2.05, 4.69) is 6.58 Å². The second-order valence-electron chi connectivity index (χ2n) is 3.44. The van der Waals surface area contributed by atoms with Gasteiger partial charge in [-0.2, -0.15) is 0 Å². The Hall–Kier alpha value is -1.86. The second-order valence-corrected chi connectivity index (χ2v) is 4.97. The van der Waals surface area contributed by atoms with Crippen LogP contribution in [0.25, 0.3) is 0 Å². The molecular weight excluding hydrogens is 258 g/mol. The van der Waals surface area contributed by atoms with Gasteiger partial charge in [-0.05, 0) is 24.6 Å². The molecule has 0 aliphatic heterocycles. The first-order valence-corrected chi connectivity index (χ1v) is 6.54. The monoisotopic (exact) mass is 271 g/mol. The van der Waals surface area contributed by atoms with Crippen LogP contribution in [0, 0.1) is 0 Å². The van der Waals surface area contributed by atoms with Crippen molar-refractivity contribution in [2.24, 2.45) is 5.14 Å². The number of hydrogen-bond donors (Lipinski definition) is 2. The summed E-state index contributed by atoms with van der Waals surface area (Å²) in [6.45, 7) is 3.73. The molecule has 0 spiro atoms. The number of carboxylic acids is 1. The van der Waals surface area contributed by atoms with E-state index in [1.165, 1.54) is 12.1 Å². The van der Waals surface area contributed by atoms with E-state index in [0.717, 1.165) is 6.07 Å². The van der Waals surface area contributed by atoms with Crippen molar-refractivity contribution in [1.82, 2.24) is 0 Å². The standard InChI is InChI=1S/C11H13NO5S/c1-2-3-6-17-9-5-4-8(11(13)14)7-10(9)18(12,15)16/h2,4-5,7H,1,3,6H2,(H,13,14)(H2,12,15,16). The lowest BCUT2D eigenvalue weighted by Gasteiger charge is -2.10. The van der Waals surface area contributed by atoms with Gasteiger partial charge in [-0.1, -0.05) is 6.08 Å². The summed E-state index contributed by atoms with van der Waals surface area (Å²) in [5.41, 5.74) is -0.171. The van der Waals surface area contributed by atoms with Crippen LogP contribution < -0.4 is 9.88 Å². The van der Waals surface area contributed by atoms with Crippen LogP contribution in [0.4, 0.5) is 0 Å². The number of nitrogens with two attached hydrogens (primary N) is 1. The molecule has 18 heavy (non-hydrogen) atoms. The van der Waals surface area contributed by atoms with Gasteiger partial charge in [0.15, 0.2) is 0 Å². The molecule has 0 fully saturated rings. The maximum atomic E-state index is 11.3. The van der Waals surface area contributed by atoms with Gasteiger partial charge >= 0.3 is 5.97 Å². The van der Waals surface area contributed by atoms with Crippen molar-refractivity contribution in [3.05, 3.63) is 36.4 Å². The first kappa shape index (κ1) is 14.2. The van der Waals surface area contributed by atoms with E-state index in [-0.39, 0.29) is 22.8 Å². The number of primary sulfonamides is 1. The molecule has 1 aromatic carbocycles. The maximum Gasteiger partial charge on any atom is 0.335 e. The van der Waals surface area contributed by atoms with Crippen LogP contribution in [0.15, 0.2) is 35.7 Å². The predicted octanol–water partition coefficient (Wildman–Crippen LogP) is 0.987. The van der Waals surface area contributed by atoms with E-state index in [4.69, 9.17) is 15.0 Å². The fraction of sp³-hybridized carbons (Fsp3) is 0.182. The third kappa shape index (κ3) is 3.57. The summed E-state index contributed by atoms with van der Waals surface area (Å²) in [6.07, 6.45) is 2.15. The van der Waals surface area contributed by atoms with E-state index in [1.54, 1.807) is 6.08 Å². The highest BCUT2D eigenvalue weighted by molar-refractivity contribution is 7.89. The van der Waals surface area contributed by atoms with Crippen LogP contribution >= 0.6 is 0 Å². The van der Waals surface area contributed by atoms with Crippen LogP contribution in [-0.4, -0.2) is 26.1 Å². The van der Waals surface area contributed by atoms with Gasteiger partial charge in [0.2, 0.25) is 10.0 Å². The second kappa shape index (κ2) is 5.65. The Morgan fingerprint density at radius 1 is 1.50 bits per heavy atom. The molecule has 0 amide bonds. The lowest BCUT2D eigenvalue weighted by molar-refractivity contribution is 0.0696. The minimum absolute atomic E-state index is 0.0318. The largest absolute Gasteiger partial charge is 0.492 e. The maximum absolute atomic E-state index is 11.3. The molecule has 7 heteroatoms. The van der Waals surface area contributed by atoms with Crippen molar-refractivity contribution in [3.8, 4) is 5.75 Å². The molecule has 3 N–H and O–H groups in total. The third-order valence-corrected chi connectivity index (χ3v) is 3.01. The number of aromatic carboxylic acids is 1. The van der Waals surface area contributed by atoms with E-state index in [1.807, 2.05) is 0 Å². The molecule has 6 nitrogen and oxygen atoms in total. The topological polar surface area (TPSA) is 107 Å². The molecule has 0 aliphatic carbocycles. The highest BCUT2D eigenvalue weighted by Gasteiger charge is 2.18. The summed E-state index contributed by atoms with van der Waals surface area (Å²) in [7, 11) is -4.04. The van der Waals surface area contributed by atoms with Crippen molar-refractivity contribution in [2.45, 2.75) is 11.3 Å². The van der Waals surface area contributed by atoms with E-state index < -0.39 is 16.0 Å². The number of hydrogen-bond acceptors (Lipinski definition) is 4. The minimum Gasteiger partial charge on any atom is -0.492 e. The van der Waals surface area contributed by atoms with Gasteiger partial charge in [-0.3, -0.25) is 0 Å². The Labute approximate surface area is 105 Å². The van der Waals surface area contributed by atoms with Gasteiger partial charge in [0, 0.05) is 0 Å². The Kier molecular flexibility index (Phi) is 4.46. The SMILES string of the molecule is C=CCCOc1ccc(C(=O)O)cc1S(N)(=O)=O. The van der Waals surface area contributed by atoms with E-state index in [9.17, 15) is 13.2 Å². The summed E-state index contributed by atoms with van der Waals surface area (Å²) in [4.78, 5) is 10.4. The molecule has 1 rings (SSSR count). The van der Waals surface area contributed by atoms with Crippen molar-refractivity contribution in [2.75, 3.05) is 6.61 Å². The Balaban J connectivity index is 3.17. The van der Waals surface area contributed by atoms with Gasteiger partial charge < -0.3 is 9.84 Å². The number of benzene rings is 1. The molecule has 0 radical (unpaired) electrons. The first-order chi connectivity index (χ1) is 8.36. The number of rotatable bonds is 6. The lowest BCUT2D eigenvalue weighted by atomic mass is 10.2. The quantitative estimate of drug-likeness (QED) is 0.592. The van der Waals surface area contributed by atoms with Crippen molar-refractivity contribution in [3.63, 3.8) is 0 Å². The van der Waals surface area contributed by atoms with Gasteiger partial charge in [-0.15, -0.1) is 6.58 Å². The normalized spacial score (nSPS) is 10.9. The van der Waals surface area contributed by atoms with Gasteiger partial charge in [0.1, 0.15) is 10.6 Å². The summed E-state index contributed by atoms with van der Waals surface area (Å²) < 4.78 is 27.9. The molecule has 0 bridgehead atoms. The van der Waals surface area contributed by atoms with E-state index >= 15 is 0 Å². The Morgan fingerprint density at radius 3 is 2.67 bits per heavy atom. The van der Waals surface area contributed by atoms with E-state index in [0.29, 0.717) is 6.42 Å². The molecule has 1 aromatic rings. The molecule has 0 aromatic heterocycles. The highest BCUT2D eigenvalue weighted by atomic mass is 32.2. The predicted molar refractivity (Wildman–Crippen MR) is 65.1 cm³/mol. The van der Waals surface area contributed by atoms with Crippen molar-refractivity contribution < 1.29 is 23.1 Å². The molecule has 98 valence electrons. The molecule has 0 aliphatic rings. The zero-order valence-corrected chi connectivity index (χ0v) is 10.3. The number of carbonyl (C=O) groups is 1. The summed E-state index contributed by atoms with van der Waals surface area (Å²) in [5, 5.41) is 13.8. The van der Waals surface area contributed by atoms with Gasteiger partial charge in [-0.25, -0.2) is 18.4 Å². The van der Waals surface area contributed by atoms with Crippen molar-refractivity contribution in [1.29, 1.82) is 0 Å². The molecule has 0 unspecified atom stereocenters. The Morgan fingerprint density at radius 2 is 2.17 bits per heavy atom. The zero-order valence-electron chi connectivity index (χ0n) is 9.50. The summed E-state index contributed by atoms with van der Waals surface area (Å²) in [6, 6.07) is 3.49. The smallest absolute Gasteiger partial charge is 0.335 e. The first-order valence-electron chi connectivity index (χ1n) is 5.00. The fourth-order valence-corrected chi connectivity index (χ4v) is 1.93.